The highest BCUT2D eigenvalue weighted by Gasteiger charge is 2.41. The Hall–Kier alpha value is -0.140. The summed E-state index contributed by atoms with van der Waals surface area (Å²) in [5, 5.41) is 3.33. The van der Waals surface area contributed by atoms with Gasteiger partial charge in [-0.2, -0.15) is 4.31 Å². The molecule has 20 heavy (non-hydrogen) atoms. The zero-order valence-corrected chi connectivity index (χ0v) is 14.4. The molecule has 0 spiro atoms. The van der Waals surface area contributed by atoms with Crippen molar-refractivity contribution in [3.63, 3.8) is 0 Å². The van der Waals surface area contributed by atoms with E-state index >= 15 is 0 Å². The minimum Gasteiger partial charge on any atom is -0.316 e. The van der Waals surface area contributed by atoms with Crippen LogP contribution in [0.2, 0.25) is 0 Å². The number of benzene rings is 1. The van der Waals surface area contributed by atoms with Gasteiger partial charge in [-0.25, -0.2) is 8.42 Å². The van der Waals surface area contributed by atoms with Gasteiger partial charge in [0.2, 0.25) is 10.0 Å². The molecule has 2 saturated heterocycles. The Morgan fingerprint density at radius 2 is 1.85 bits per heavy atom. The molecule has 2 atom stereocenters. The molecule has 1 aromatic carbocycles. The summed E-state index contributed by atoms with van der Waals surface area (Å²) in [6.45, 7) is 5.06. The van der Waals surface area contributed by atoms with Crippen LogP contribution < -0.4 is 5.32 Å². The Morgan fingerprint density at radius 1 is 1.25 bits per heavy atom. The van der Waals surface area contributed by atoms with Crippen molar-refractivity contribution >= 4 is 38.4 Å². The first-order valence-electron chi connectivity index (χ1n) is 6.45. The van der Waals surface area contributed by atoms with Crippen LogP contribution in [0.3, 0.4) is 0 Å². The van der Waals surface area contributed by atoms with Crippen molar-refractivity contribution in [1.29, 1.82) is 0 Å². The molecule has 0 bridgehead atoms. The lowest BCUT2D eigenvalue weighted by molar-refractivity contribution is 0.447. The maximum Gasteiger partial charge on any atom is 0.244 e. The van der Waals surface area contributed by atoms with E-state index < -0.39 is 10.0 Å². The highest BCUT2D eigenvalue weighted by molar-refractivity contribution is 9.10. The van der Waals surface area contributed by atoms with Crippen molar-refractivity contribution < 1.29 is 8.42 Å². The standard InChI is InChI=1S/C13H17BrN2O2S.ClH/c1-9-2-3-12(14)13(4-9)19(17,18)16-7-10-5-15-6-11(10)8-16;/h2-4,10-11,15H,5-8H2,1H3;1H/t10-,11+;. The number of sulfonamides is 1. The van der Waals surface area contributed by atoms with Crippen LogP contribution in [0, 0.1) is 18.8 Å². The topological polar surface area (TPSA) is 49.4 Å². The van der Waals surface area contributed by atoms with Crippen LogP contribution >= 0.6 is 28.3 Å². The third kappa shape index (κ3) is 2.76. The summed E-state index contributed by atoms with van der Waals surface area (Å²) >= 11 is 3.36. The van der Waals surface area contributed by atoms with Crippen molar-refractivity contribution in [1.82, 2.24) is 9.62 Å². The first kappa shape index (κ1) is 16.2. The molecule has 2 heterocycles. The Balaban J connectivity index is 0.00000147. The predicted octanol–water partition coefficient (Wildman–Crippen LogP) is 2.02. The maximum atomic E-state index is 12.7. The van der Waals surface area contributed by atoms with Gasteiger partial charge < -0.3 is 5.32 Å². The predicted molar refractivity (Wildman–Crippen MR) is 84.7 cm³/mol. The summed E-state index contributed by atoms with van der Waals surface area (Å²) in [4.78, 5) is 0.389. The van der Waals surface area contributed by atoms with E-state index in [0.717, 1.165) is 18.7 Å². The average Bonchev–Trinajstić information content (AvgIpc) is 2.92. The number of nitrogens with one attached hydrogen (secondary N) is 1. The van der Waals surface area contributed by atoms with Gasteiger partial charge in [0.15, 0.2) is 0 Å². The summed E-state index contributed by atoms with van der Waals surface area (Å²) in [6, 6.07) is 5.46. The SMILES string of the molecule is Cc1ccc(Br)c(S(=O)(=O)N2C[C@H]3CNC[C@H]3C2)c1.Cl. The van der Waals surface area contributed by atoms with E-state index in [1.54, 1.807) is 16.4 Å². The Bertz CT molecular complexity index is 596. The number of hydrogen-bond donors (Lipinski definition) is 1. The van der Waals surface area contributed by atoms with Crippen LogP contribution in [0.1, 0.15) is 5.56 Å². The molecule has 0 aromatic heterocycles. The van der Waals surface area contributed by atoms with Gasteiger partial charge >= 0.3 is 0 Å². The van der Waals surface area contributed by atoms with Gasteiger partial charge in [-0.15, -0.1) is 12.4 Å². The number of nitrogens with zero attached hydrogens (tertiary/aromatic N) is 1. The highest BCUT2D eigenvalue weighted by Crippen LogP contribution is 2.33. The van der Waals surface area contributed by atoms with Gasteiger partial charge in [0.05, 0.1) is 4.90 Å². The second-order valence-corrected chi connectivity index (χ2v) is 8.19. The zero-order chi connectivity index (χ0) is 13.6. The van der Waals surface area contributed by atoms with Gasteiger partial charge in [-0.1, -0.05) is 6.07 Å². The number of hydrogen-bond acceptors (Lipinski definition) is 3. The van der Waals surface area contributed by atoms with E-state index in [2.05, 4.69) is 21.2 Å². The van der Waals surface area contributed by atoms with Crippen molar-refractivity contribution in [3.05, 3.63) is 28.2 Å². The van der Waals surface area contributed by atoms with Crippen LogP contribution in [0.4, 0.5) is 0 Å². The first-order valence-corrected chi connectivity index (χ1v) is 8.69. The molecular weight excluding hydrogens is 364 g/mol. The van der Waals surface area contributed by atoms with E-state index in [0.29, 0.717) is 34.3 Å². The third-order valence-corrected chi connectivity index (χ3v) is 6.89. The monoisotopic (exact) mass is 380 g/mol. The molecule has 0 saturated carbocycles. The molecule has 3 rings (SSSR count). The Kier molecular flexibility index (Phi) is 4.81. The highest BCUT2D eigenvalue weighted by atomic mass is 79.9. The molecule has 7 heteroatoms. The lowest BCUT2D eigenvalue weighted by Gasteiger charge is -2.18. The van der Waals surface area contributed by atoms with Crippen LogP contribution in [0.25, 0.3) is 0 Å². The number of aryl methyl sites for hydroxylation is 1. The van der Waals surface area contributed by atoms with Crippen molar-refractivity contribution in [3.8, 4) is 0 Å². The molecule has 1 aromatic rings. The van der Waals surface area contributed by atoms with Crippen LogP contribution in [0.15, 0.2) is 27.6 Å². The second kappa shape index (κ2) is 5.93. The molecule has 0 amide bonds. The largest absolute Gasteiger partial charge is 0.316 e. The molecule has 2 aliphatic rings. The molecule has 4 nitrogen and oxygen atoms in total. The molecule has 0 aliphatic carbocycles. The van der Waals surface area contributed by atoms with Crippen molar-refractivity contribution in [2.75, 3.05) is 26.2 Å². The summed E-state index contributed by atoms with van der Waals surface area (Å²) in [6.07, 6.45) is 0. The molecule has 1 N–H and O–H groups in total. The smallest absolute Gasteiger partial charge is 0.244 e. The molecule has 2 aliphatic heterocycles. The van der Waals surface area contributed by atoms with Crippen molar-refractivity contribution in [2.45, 2.75) is 11.8 Å². The van der Waals surface area contributed by atoms with E-state index in [1.165, 1.54) is 0 Å². The van der Waals surface area contributed by atoms with E-state index in [-0.39, 0.29) is 12.4 Å². The summed E-state index contributed by atoms with van der Waals surface area (Å²) in [7, 11) is -3.38. The summed E-state index contributed by atoms with van der Waals surface area (Å²) < 4.78 is 27.7. The lowest BCUT2D eigenvalue weighted by Crippen LogP contribution is -2.32. The minimum atomic E-state index is -3.38. The van der Waals surface area contributed by atoms with E-state index in [4.69, 9.17) is 0 Å². The van der Waals surface area contributed by atoms with Crippen LogP contribution in [-0.2, 0) is 10.0 Å². The number of rotatable bonds is 2. The Morgan fingerprint density at radius 3 is 2.45 bits per heavy atom. The average molecular weight is 382 g/mol. The van der Waals surface area contributed by atoms with Gasteiger partial charge in [0.1, 0.15) is 0 Å². The van der Waals surface area contributed by atoms with Gasteiger partial charge in [0, 0.05) is 17.6 Å². The fourth-order valence-electron chi connectivity index (χ4n) is 2.96. The summed E-state index contributed by atoms with van der Waals surface area (Å²) in [5.74, 6) is 0.941. The molecule has 2 fully saturated rings. The van der Waals surface area contributed by atoms with E-state index in [1.807, 2.05) is 13.0 Å². The van der Waals surface area contributed by atoms with Gasteiger partial charge in [-0.05, 0) is 65.5 Å². The fraction of sp³-hybridized carbons (Fsp3) is 0.538. The minimum absolute atomic E-state index is 0. The number of halogens is 2. The molecule has 112 valence electrons. The first-order chi connectivity index (χ1) is 8.98. The fourth-order valence-corrected chi connectivity index (χ4v) is 5.52. The maximum absolute atomic E-state index is 12.7. The molecule has 0 unspecified atom stereocenters. The Labute approximate surface area is 134 Å². The zero-order valence-electron chi connectivity index (χ0n) is 11.2. The van der Waals surface area contributed by atoms with Crippen LogP contribution in [-0.4, -0.2) is 38.9 Å². The normalized spacial score (nSPS) is 26.3. The van der Waals surface area contributed by atoms with Crippen LogP contribution in [0.5, 0.6) is 0 Å². The van der Waals surface area contributed by atoms with Gasteiger partial charge in [-0.3, -0.25) is 0 Å². The lowest BCUT2D eigenvalue weighted by atomic mass is 10.0. The van der Waals surface area contributed by atoms with Gasteiger partial charge in [0.25, 0.3) is 0 Å². The third-order valence-electron chi connectivity index (χ3n) is 4.06. The summed E-state index contributed by atoms with van der Waals surface area (Å²) in [5.41, 5.74) is 0.961. The number of fused-ring (bicyclic) bond motifs is 1. The molecular formula is C13H18BrClN2O2S. The molecule has 0 radical (unpaired) electrons. The van der Waals surface area contributed by atoms with Crippen molar-refractivity contribution in [2.24, 2.45) is 11.8 Å². The van der Waals surface area contributed by atoms with E-state index in [9.17, 15) is 8.42 Å². The second-order valence-electron chi connectivity index (χ2n) is 5.43. The quantitative estimate of drug-likeness (QED) is 0.852.